The van der Waals surface area contributed by atoms with Gasteiger partial charge in [0.2, 0.25) is 11.8 Å². The molecule has 0 bridgehead atoms. The van der Waals surface area contributed by atoms with E-state index in [1.165, 1.54) is 11.8 Å². The predicted octanol–water partition coefficient (Wildman–Crippen LogP) is 5.22. The zero-order valence-electron chi connectivity index (χ0n) is 16.6. The molecule has 2 N–H and O–H groups in total. The molecule has 5 heteroatoms. The zero-order chi connectivity index (χ0) is 20.6. The summed E-state index contributed by atoms with van der Waals surface area (Å²) in [7, 11) is 0. The van der Waals surface area contributed by atoms with Crippen molar-refractivity contribution in [2.45, 2.75) is 25.2 Å². The lowest BCUT2D eigenvalue weighted by molar-refractivity contribution is -0.115. The molecule has 4 nitrogen and oxygen atoms in total. The first-order valence-corrected chi connectivity index (χ1v) is 10.4. The van der Waals surface area contributed by atoms with Crippen molar-refractivity contribution in [2.24, 2.45) is 0 Å². The van der Waals surface area contributed by atoms with Crippen LogP contribution in [0.3, 0.4) is 0 Å². The minimum absolute atomic E-state index is 0.0346. The predicted molar refractivity (Wildman–Crippen MR) is 120 cm³/mol. The summed E-state index contributed by atoms with van der Waals surface area (Å²) < 4.78 is 0. The fourth-order valence-electron chi connectivity index (χ4n) is 2.96. The molecule has 0 aliphatic heterocycles. The molecule has 0 saturated heterocycles. The Bertz CT molecular complexity index is 965. The molecule has 0 heterocycles. The molecule has 148 valence electrons. The van der Waals surface area contributed by atoms with E-state index >= 15 is 0 Å². The molecule has 0 atom stereocenters. The topological polar surface area (TPSA) is 58.2 Å². The fourth-order valence-corrected chi connectivity index (χ4v) is 3.66. The number of hydrogen-bond acceptors (Lipinski definition) is 3. The highest BCUT2D eigenvalue weighted by Crippen LogP contribution is 2.23. The van der Waals surface area contributed by atoms with E-state index in [0.29, 0.717) is 12.2 Å². The van der Waals surface area contributed by atoms with Crippen molar-refractivity contribution in [3.05, 3.63) is 89.5 Å². The zero-order valence-corrected chi connectivity index (χ0v) is 17.4. The molecule has 0 fully saturated rings. The Balaban J connectivity index is 1.49. The molecule has 29 heavy (non-hydrogen) atoms. The van der Waals surface area contributed by atoms with Crippen LogP contribution in [0, 0.1) is 13.8 Å². The molecule has 0 spiro atoms. The number of amides is 2. The Morgan fingerprint density at radius 3 is 2.07 bits per heavy atom. The van der Waals surface area contributed by atoms with Gasteiger partial charge in [0.1, 0.15) is 0 Å². The summed E-state index contributed by atoms with van der Waals surface area (Å²) in [4.78, 5) is 25.4. The fraction of sp³-hybridized carbons (Fsp3) is 0.167. The molecule has 3 rings (SSSR count). The highest BCUT2D eigenvalue weighted by molar-refractivity contribution is 8.00. The van der Waals surface area contributed by atoms with Crippen LogP contribution in [-0.2, 0) is 16.0 Å². The van der Waals surface area contributed by atoms with Gasteiger partial charge in [-0.25, -0.2) is 0 Å². The lowest BCUT2D eigenvalue weighted by Gasteiger charge is -2.11. The van der Waals surface area contributed by atoms with Gasteiger partial charge in [0.05, 0.1) is 12.2 Å². The first-order valence-electron chi connectivity index (χ1n) is 9.44. The Morgan fingerprint density at radius 2 is 1.41 bits per heavy atom. The molecule has 0 aromatic heterocycles. The molecule has 2 amide bonds. The molecule has 0 saturated carbocycles. The summed E-state index contributed by atoms with van der Waals surface area (Å²) in [6, 6.07) is 23.1. The number of aryl methyl sites for hydroxylation is 2. The van der Waals surface area contributed by atoms with Crippen LogP contribution in [0.2, 0.25) is 0 Å². The van der Waals surface area contributed by atoms with Gasteiger partial charge in [-0.05, 0) is 54.8 Å². The number of carbonyl (C=O) groups excluding carboxylic acids is 2. The summed E-state index contributed by atoms with van der Waals surface area (Å²) in [5.41, 5.74) is 4.72. The Kier molecular flexibility index (Phi) is 7.09. The maximum Gasteiger partial charge on any atom is 0.234 e. The normalized spacial score (nSPS) is 10.4. The van der Waals surface area contributed by atoms with E-state index in [1.54, 1.807) is 0 Å². The highest BCUT2D eigenvalue weighted by Gasteiger charge is 2.08. The first kappa shape index (κ1) is 20.7. The molecule has 0 aliphatic carbocycles. The first-order chi connectivity index (χ1) is 14.0. The van der Waals surface area contributed by atoms with Crippen molar-refractivity contribution in [1.29, 1.82) is 0 Å². The van der Waals surface area contributed by atoms with Crippen molar-refractivity contribution in [1.82, 2.24) is 0 Å². The van der Waals surface area contributed by atoms with E-state index in [2.05, 4.69) is 10.6 Å². The molecule has 0 radical (unpaired) electrons. The third-order valence-electron chi connectivity index (χ3n) is 4.46. The van der Waals surface area contributed by atoms with E-state index in [1.807, 2.05) is 86.6 Å². The second-order valence-electron chi connectivity index (χ2n) is 6.84. The van der Waals surface area contributed by atoms with Crippen molar-refractivity contribution in [3.63, 3.8) is 0 Å². The van der Waals surface area contributed by atoms with E-state index in [0.717, 1.165) is 33.0 Å². The molecule has 0 aliphatic rings. The molecule has 3 aromatic carbocycles. The molecular weight excluding hydrogens is 380 g/mol. The number of rotatable bonds is 7. The third-order valence-corrected chi connectivity index (χ3v) is 5.47. The van der Waals surface area contributed by atoms with Crippen molar-refractivity contribution >= 4 is 35.0 Å². The van der Waals surface area contributed by atoms with Gasteiger partial charge in [-0.1, -0.05) is 48.5 Å². The molecular formula is C24H24N2O2S. The van der Waals surface area contributed by atoms with Crippen LogP contribution in [0.15, 0.2) is 77.7 Å². The van der Waals surface area contributed by atoms with Crippen LogP contribution in [-0.4, -0.2) is 17.6 Å². The van der Waals surface area contributed by atoms with Crippen LogP contribution in [0.4, 0.5) is 11.4 Å². The molecule has 3 aromatic rings. The largest absolute Gasteiger partial charge is 0.326 e. The number of thioether (sulfide) groups is 1. The summed E-state index contributed by atoms with van der Waals surface area (Å²) in [6.07, 6.45) is 0.343. The third kappa shape index (κ3) is 6.22. The van der Waals surface area contributed by atoms with Crippen LogP contribution < -0.4 is 10.6 Å². The summed E-state index contributed by atoms with van der Waals surface area (Å²) in [5.74, 6) is 0.241. The number of nitrogens with one attached hydrogen (secondary N) is 2. The smallest absolute Gasteiger partial charge is 0.234 e. The standard InChI is InChI=1S/C24H24N2O2S/c1-17-7-6-8-18(2)24(17)26-23(28)16-29-21-13-11-20(12-14-21)25-22(27)15-19-9-4-3-5-10-19/h3-14H,15-16H2,1-2H3,(H,25,27)(H,26,28). The number of hydrogen-bond donors (Lipinski definition) is 2. The van der Waals surface area contributed by atoms with Crippen LogP contribution >= 0.6 is 11.8 Å². The number of benzene rings is 3. The van der Waals surface area contributed by atoms with Crippen LogP contribution in [0.5, 0.6) is 0 Å². The minimum Gasteiger partial charge on any atom is -0.326 e. The van der Waals surface area contributed by atoms with E-state index in [-0.39, 0.29) is 11.8 Å². The van der Waals surface area contributed by atoms with Crippen LogP contribution in [0.25, 0.3) is 0 Å². The molecule has 0 unspecified atom stereocenters. The van der Waals surface area contributed by atoms with E-state index < -0.39 is 0 Å². The van der Waals surface area contributed by atoms with Crippen molar-refractivity contribution in [2.75, 3.05) is 16.4 Å². The number of carbonyl (C=O) groups is 2. The maximum atomic E-state index is 12.3. The SMILES string of the molecule is Cc1cccc(C)c1NC(=O)CSc1ccc(NC(=O)Cc2ccccc2)cc1. The van der Waals surface area contributed by atoms with Gasteiger partial charge in [-0.15, -0.1) is 11.8 Å². The maximum absolute atomic E-state index is 12.3. The van der Waals surface area contributed by atoms with Gasteiger partial charge in [-0.3, -0.25) is 9.59 Å². The monoisotopic (exact) mass is 404 g/mol. The van der Waals surface area contributed by atoms with E-state index in [4.69, 9.17) is 0 Å². The van der Waals surface area contributed by atoms with Gasteiger partial charge in [0.25, 0.3) is 0 Å². The van der Waals surface area contributed by atoms with E-state index in [9.17, 15) is 9.59 Å². The second kappa shape index (κ2) is 9.94. The van der Waals surface area contributed by atoms with Gasteiger partial charge in [-0.2, -0.15) is 0 Å². The lowest BCUT2D eigenvalue weighted by Crippen LogP contribution is -2.15. The Hall–Kier alpha value is -3.05. The van der Waals surface area contributed by atoms with Crippen LogP contribution in [0.1, 0.15) is 16.7 Å². The van der Waals surface area contributed by atoms with Gasteiger partial charge in [0, 0.05) is 16.3 Å². The highest BCUT2D eigenvalue weighted by atomic mass is 32.2. The van der Waals surface area contributed by atoms with Gasteiger partial charge in [0.15, 0.2) is 0 Å². The van der Waals surface area contributed by atoms with Gasteiger partial charge < -0.3 is 10.6 Å². The Morgan fingerprint density at radius 1 is 0.759 bits per heavy atom. The summed E-state index contributed by atoms with van der Waals surface area (Å²) >= 11 is 1.46. The number of para-hydroxylation sites is 1. The summed E-state index contributed by atoms with van der Waals surface area (Å²) in [6.45, 7) is 3.97. The number of anilines is 2. The average molecular weight is 405 g/mol. The minimum atomic E-state index is -0.0513. The second-order valence-corrected chi connectivity index (χ2v) is 7.89. The summed E-state index contributed by atoms with van der Waals surface area (Å²) in [5, 5.41) is 5.89. The quantitative estimate of drug-likeness (QED) is 0.531. The lowest BCUT2D eigenvalue weighted by atomic mass is 10.1. The average Bonchev–Trinajstić information content (AvgIpc) is 2.71. The van der Waals surface area contributed by atoms with Crippen molar-refractivity contribution in [3.8, 4) is 0 Å². The van der Waals surface area contributed by atoms with Gasteiger partial charge >= 0.3 is 0 Å². The Labute approximate surface area is 175 Å². The van der Waals surface area contributed by atoms with Crippen molar-refractivity contribution < 1.29 is 9.59 Å².